The molecule has 1 aromatic carbocycles. The highest BCUT2D eigenvalue weighted by Gasteiger charge is 2.30. The summed E-state index contributed by atoms with van der Waals surface area (Å²) in [5.41, 5.74) is 6.52. The quantitative estimate of drug-likeness (QED) is 0.820. The Morgan fingerprint density at radius 2 is 2.06 bits per heavy atom. The van der Waals surface area contributed by atoms with Gasteiger partial charge in [-0.3, -0.25) is 0 Å². The Balaban J connectivity index is 2.23. The first kappa shape index (κ1) is 11.5. The first-order valence-electron chi connectivity index (χ1n) is 5.80. The Hall–Kier alpha value is -0.960. The minimum Gasteiger partial charge on any atom is -0.324 e. The van der Waals surface area contributed by atoms with Crippen molar-refractivity contribution >= 4 is 0 Å². The molecule has 1 aliphatic carbocycles. The number of nitrogens with two attached hydrogens (primary N) is 1. The maximum Gasteiger partial charge on any atom is 0.130 e. The standard InChI is InChI=1S/C13H17F2N/c1-8-3-2-4-10(8)13(16)11-6-5-9(14)7-12(11)15/h5-8,10,13H,2-4,16H2,1H3. The molecule has 88 valence electrons. The van der Waals surface area contributed by atoms with E-state index in [4.69, 9.17) is 5.73 Å². The van der Waals surface area contributed by atoms with E-state index in [9.17, 15) is 8.78 Å². The summed E-state index contributed by atoms with van der Waals surface area (Å²) in [6.07, 6.45) is 3.35. The van der Waals surface area contributed by atoms with Crippen molar-refractivity contribution in [3.05, 3.63) is 35.4 Å². The molecule has 0 heterocycles. The molecule has 0 aromatic heterocycles. The predicted octanol–water partition coefficient (Wildman–Crippen LogP) is 3.40. The third kappa shape index (κ3) is 2.09. The van der Waals surface area contributed by atoms with Gasteiger partial charge in [0, 0.05) is 17.7 Å². The van der Waals surface area contributed by atoms with Crippen LogP contribution in [0.4, 0.5) is 8.78 Å². The van der Waals surface area contributed by atoms with Crippen molar-refractivity contribution in [1.82, 2.24) is 0 Å². The lowest BCUT2D eigenvalue weighted by Gasteiger charge is -2.23. The van der Waals surface area contributed by atoms with Crippen LogP contribution in [-0.2, 0) is 0 Å². The smallest absolute Gasteiger partial charge is 0.130 e. The van der Waals surface area contributed by atoms with Crippen LogP contribution >= 0.6 is 0 Å². The number of rotatable bonds is 2. The van der Waals surface area contributed by atoms with Gasteiger partial charge in [0.05, 0.1) is 0 Å². The maximum absolute atomic E-state index is 13.6. The minimum atomic E-state index is -0.548. The van der Waals surface area contributed by atoms with Crippen molar-refractivity contribution in [2.75, 3.05) is 0 Å². The van der Waals surface area contributed by atoms with Gasteiger partial charge in [-0.1, -0.05) is 25.8 Å². The van der Waals surface area contributed by atoms with E-state index in [1.54, 1.807) is 0 Å². The molecule has 1 aromatic rings. The monoisotopic (exact) mass is 225 g/mol. The number of hydrogen-bond donors (Lipinski definition) is 1. The molecule has 3 atom stereocenters. The molecule has 3 unspecified atom stereocenters. The lowest BCUT2D eigenvalue weighted by atomic mass is 9.86. The molecule has 0 aliphatic heterocycles. The van der Waals surface area contributed by atoms with Crippen LogP contribution in [0.5, 0.6) is 0 Å². The van der Waals surface area contributed by atoms with Crippen molar-refractivity contribution in [2.45, 2.75) is 32.2 Å². The molecule has 1 saturated carbocycles. The molecule has 0 amide bonds. The second-order valence-electron chi connectivity index (χ2n) is 4.76. The highest BCUT2D eigenvalue weighted by molar-refractivity contribution is 5.23. The largest absolute Gasteiger partial charge is 0.324 e. The average Bonchev–Trinajstić information content (AvgIpc) is 2.63. The van der Waals surface area contributed by atoms with Crippen LogP contribution in [0.1, 0.15) is 37.8 Å². The van der Waals surface area contributed by atoms with Crippen molar-refractivity contribution < 1.29 is 8.78 Å². The Morgan fingerprint density at radius 3 is 2.62 bits per heavy atom. The van der Waals surface area contributed by atoms with Gasteiger partial charge < -0.3 is 5.73 Å². The third-order valence-corrected chi connectivity index (χ3v) is 3.71. The summed E-state index contributed by atoms with van der Waals surface area (Å²) in [6.45, 7) is 2.15. The Labute approximate surface area is 94.7 Å². The zero-order valence-corrected chi connectivity index (χ0v) is 9.42. The highest BCUT2D eigenvalue weighted by Crippen LogP contribution is 2.39. The lowest BCUT2D eigenvalue weighted by molar-refractivity contribution is 0.343. The summed E-state index contributed by atoms with van der Waals surface area (Å²) < 4.78 is 26.3. The van der Waals surface area contributed by atoms with Gasteiger partial charge in [0.2, 0.25) is 0 Å². The van der Waals surface area contributed by atoms with Gasteiger partial charge in [0.15, 0.2) is 0 Å². The van der Waals surface area contributed by atoms with E-state index < -0.39 is 11.6 Å². The molecule has 0 bridgehead atoms. The van der Waals surface area contributed by atoms with Crippen molar-refractivity contribution in [3.8, 4) is 0 Å². The van der Waals surface area contributed by atoms with Gasteiger partial charge in [-0.15, -0.1) is 0 Å². The fraction of sp³-hybridized carbons (Fsp3) is 0.538. The second-order valence-corrected chi connectivity index (χ2v) is 4.76. The summed E-state index contributed by atoms with van der Waals surface area (Å²) in [7, 11) is 0. The molecule has 3 heteroatoms. The molecule has 2 N–H and O–H groups in total. The number of hydrogen-bond acceptors (Lipinski definition) is 1. The van der Waals surface area contributed by atoms with Crippen molar-refractivity contribution in [1.29, 1.82) is 0 Å². The summed E-state index contributed by atoms with van der Waals surface area (Å²) in [5.74, 6) is -0.223. The topological polar surface area (TPSA) is 26.0 Å². The normalized spacial score (nSPS) is 27.0. The fourth-order valence-electron chi connectivity index (χ4n) is 2.71. The molecule has 1 aliphatic rings. The molecular formula is C13H17F2N. The van der Waals surface area contributed by atoms with Gasteiger partial charge in [-0.05, 0) is 24.3 Å². The van der Waals surface area contributed by atoms with Crippen LogP contribution in [0, 0.1) is 23.5 Å². The predicted molar refractivity (Wildman–Crippen MR) is 59.8 cm³/mol. The van der Waals surface area contributed by atoms with Crippen molar-refractivity contribution in [3.63, 3.8) is 0 Å². The third-order valence-electron chi connectivity index (χ3n) is 3.71. The Bertz CT molecular complexity index is 378. The van der Waals surface area contributed by atoms with E-state index in [0.29, 0.717) is 17.4 Å². The fourth-order valence-corrected chi connectivity index (χ4v) is 2.71. The molecule has 16 heavy (non-hydrogen) atoms. The first-order chi connectivity index (χ1) is 7.59. The van der Waals surface area contributed by atoms with Crippen LogP contribution in [0.15, 0.2) is 18.2 Å². The van der Waals surface area contributed by atoms with E-state index in [-0.39, 0.29) is 6.04 Å². The summed E-state index contributed by atoms with van der Waals surface area (Å²) in [5, 5.41) is 0. The van der Waals surface area contributed by atoms with Gasteiger partial charge in [0.1, 0.15) is 11.6 Å². The van der Waals surface area contributed by atoms with Gasteiger partial charge in [-0.2, -0.15) is 0 Å². The van der Waals surface area contributed by atoms with E-state index >= 15 is 0 Å². The summed E-state index contributed by atoms with van der Waals surface area (Å²) in [6, 6.07) is 3.35. The van der Waals surface area contributed by atoms with Crippen LogP contribution < -0.4 is 5.73 Å². The lowest BCUT2D eigenvalue weighted by Crippen LogP contribution is -2.24. The average molecular weight is 225 g/mol. The summed E-state index contributed by atoms with van der Waals surface area (Å²) >= 11 is 0. The van der Waals surface area contributed by atoms with Crippen LogP contribution in [-0.4, -0.2) is 0 Å². The molecule has 1 nitrogen and oxygen atoms in total. The van der Waals surface area contributed by atoms with Gasteiger partial charge >= 0.3 is 0 Å². The zero-order valence-electron chi connectivity index (χ0n) is 9.42. The van der Waals surface area contributed by atoms with Gasteiger partial charge in [0.25, 0.3) is 0 Å². The van der Waals surface area contributed by atoms with Crippen LogP contribution in [0.2, 0.25) is 0 Å². The highest BCUT2D eigenvalue weighted by atomic mass is 19.1. The van der Waals surface area contributed by atoms with Crippen molar-refractivity contribution in [2.24, 2.45) is 17.6 Å². The minimum absolute atomic E-state index is 0.307. The van der Waals surface area contributed by atoms with E-state index in [1.165, 1.54) is 12.1 Å². The zero-order chi connectivity index (χ0) is 11.7. The van der Waals surface area contributed by atoms with E-state index in [1.807, 2.05) is 0 Å². The van der Waals surface area contributed by atoms with Crippen LogP contribution in [0.3, 0.4) is 0 Å². The summed E-state index contributed by atoms with van der Waals surface area (Å²) in [4.78, 5) is 0. The van der Waals surface area contributed by atoms with Crippen LogP contribution in [0.25, 0.3) is 0 Å². The Kier molecular flexibility index (Phi) is 3.24. The van der Waals surface area contributed by atoms with E-state index in [2.05, 4.69) is 6.92 Å². The molecule has 0 saturated heterocycles. The molecule has 2 rings (SSSR count). The molecule has 1 fully saturated rings. The molecule has 0 spiro atoms. The van der Waals surface area contributed by atoms with Gasteiger partial charge in [-0.25, -0.2) is 8.78 Å². The number of halogens is 2. The Morgan fingerprint density at radius 1 is 1.31 bits per heavy atom. The first-order valence-corrected chi connectivity index (χ1v) is 5.80. The molecular weight excluding hydrogens is 208 g/mol. The number of benzene rings is 1. The van der Waals surface area contributed by atoms with E-state index in [0.717, 1.165) is 25.3 Å². The maximum atomic E-state index is 13.6. The molecule has 0 radical (unpaired) electrons. The SMILES string of the molecule is CC1CCCC1C(N)c1ccc(F)cc1F. The second kappa shape index (κ2) is 4.50.